The Morgan fingerprint density at radius 3 is 2.61 bits per heavy atom. The topological polar surface area (TPSA) is 41.3 Å². The lowest BCUT2D eigenvalue weighted by atomic mass is 10.2. The van der Waals surface area contributed by atoms with E-state index in [0.717, 1.165) is 19.0 Å². The average molecular weight is 257 g/mol. The second-order valence-electron chi connectivity index (χ2n) is 4.70. The first-order valence-corrected chi connectivity index (χ1v) is 6.10. The monoisotopic (exact) mass is 257 g/mol. The number of nitrogen functional groups attached to an aromatic ring is 1. The molecule has 0 saturated carbocycles. The van der Waals surface area contributed by atoms with E-state index in [-0.39, 0.29) is 5.69 Å². The maximum absolute atomic E-state index is 13.2. The minimum absolute atomic E-state index is 0.0337. The molecule has 1 aromatic carbocycles. The van der Waals surface area contributed by atoms with Crippen molar-refractivity contribution in [1.82, 2.24) is 4.90 Å². The van der Waals surface area contributed by atoms with Gasteiger partial charge in [-0.1, -0.05) is 0 Å². The fraction of sp³-hybridized carbons (Fsp3) is 0.538. The van der Waals surface area contributed by atoms with Crippen LogP contribution in [0.3, 0.4) is 0 Å². The van der Waals surface area contributed by atoms with E-state index in [9.17, 15) is 8.78 Å². The molecule has 0 aliphatic rings. The highest BCUT2D eigenvalue weighted by Crippen LogP contribution is 2.23. The van der Waals surface area contributed by atoms with E-state index in [4.69, 9.17) is 5.73 Å². The Morgan fingerprint density at radius 1 is 1.33 bits per heavy atom. The number of nitrogens with two attached hydrogens (primary N) is 1. The summed E-state index contributed by atoms with van der Waals surface area (Å²) in [6, 6.07) is 2.49. The SMILES string of the molecule is CC(C)N(C)CCCNc1cc(F)cc(F)c1N. The number of halogens is 2. The van der Waals surface area contributed by atoms with Crippen molar-refractivity contribution in [1.29, 1.82) is 0 Å². The number of benzene rings is 1. The summed E-state index contributed by atoms with van der Waals surface area (Å²) < 4.78 is 26.2. The van der Waals surface area contributed by atoms with Crippen molar-refractivity contribution in [2.45, 2.75) is 26.3 Å². The average Bonchev–Trinajstić information content (AvgIpc) is 2.29. The first-order valence-electron chi connectivity index (χ1n) is 6.10. The van der Waals surface area contributed by atoms with E-state index in [1.54, 1.807) is 0 Å². The Bertz CT molecular complexity index is 394. The summed E-state index contributed by atoms with van der Waals surface area (Å²) in [6.45, 7) is 5.78. The molecule has 0 bridgehead atoms. The highest BCUT2D eigenvalue weighted by molar-refractivity contribution is 5.66. The fourth-order valence-corrected chi connectivity index (χ4v) is 1.54. The zero-order valence-electron chi connectivity index (χ0n) is 11.1. The maximum Gasteiger partial charge on any atom is 0.151 e. The highest BCUT2D eigenvalue weighted by Gasteiger charge is 2.08. The zero-order chi connectivity index (χ0) is 13.7. The Hall–Kier alpha value is -1.36. The van der Waals surface area contributed by atoms with Gasteiger partial charge < -0.3 is 16.0 Å². The summed E-state index contributed by atoms with van der Waals surface area (Å²) in [6.07, 6.45) is 0.881. The molecule has 18 heavy (non-hydrogen) atoms. The number of rotatable bonds is 6. The lowest BCUT2D eigenvalue weighted by Gasteiger charge is -2.21. The van der Waals surface area contributed by atoms with Crippen molar-refractivity contribution in [2.75, 3.05) is 31.2 Å². The molecule has 0 fully saturated rings. The van der Waals surface area contributed by atoms with Crippen LogP contribution in [0, 0.1) is 11.6 Å². The first-order chi connectivity index (χ1) is 8.41. The normalized spacial score (nSPS) is 11.3. The van der Waals surface area contributed by atoms with Gasteiger partial charge in [0.15, 0.2) is 5.82 Å². The fourth-order valence-electron chi connectivity index (χ4n) is 1.54. The van der Waals surface area contributed by atoms with Crippen molar-refractivity contribution < 1.29 is 8.78 Å². The molecule has 5 heteroatoms. The first kappa shape index (κ1) is 14.7. The second kappa shape index (κ2) is 6.54. The van der Waals surface area contributed by atoms with Gasteiger partial charge in [0.2, 0.25) is 0 Å². The molecule has 3 N–H and O–H groups in total. The van der Waals surface area contributed by atoms with Crippen molar-refractivity contribution in [3.63, 3.8) is 0 Å². The van der Waals surface area contributed by atoms with E-state index in [1.165, 1.54) is 6.07 Å². The predicted octanol–water partition coefficient (Wildman–Crippen LogP) is 2.69. The van der Waals surface area contributed by atoms with Crippen LogP contribution in [0.1, 0.15) is 20.3 Å². The third kappa shape index (κ3) is 4.14. The van der Waals surface area contributed by atoms with Crippen LogP contribution in [0.4, 0.5) is 20.2 Å². The largest absolute Gasteiger partial charge is 0.395 e. The van der Waals surface area contributed by atoms with Crippen molar-refractivity contribution in [3.05, 3.63) is 23.8 Å². The molecule has 0 heterocycles. The van der Waals surface area contributed by atoms with Gasteiger partial charge in [0, 0.05) is 18.7 Å². The molecule has 102 valence electrons. The molecule has 0 saturated heterocycles. The second-order valence-corrected chi connectivity index (χ2v) is 4.70. The molecule has 1 rings (SSSR count). The number of hydrogen-bond acceptors (Lipinski definition) is 3. The van der Waals surface area contributed by atoms with Crippen molar-refractivity contribution in [3.8, 4) is 0 Å². The van der Waals surface area contributed by atoms with E-state index in [1.807, 2.05) is 7.05 Å². The molecule has 0 aromatic heterocycles. The zero-order valence-corrected chi connectivity index (χ0v) is 11.1. The molecule has 0 aliphatic carbocycles. The van der Waals surface area contributed by atoms with Gasteiger partial charge in [-0.25, -0.2) is 8.78 Å². The molecule has 1 aromatic rings. The molecule has 3 nitrogen and oxygen atoms in total. The summed E-state index contributed by atoms with van der Waals surface area (Å²) >= 11 is 0. The van der Waals surface area contributed by atoms with Crippen LogP contribution in [-0.2, 0) is 0 Å². The van der Waals surface area contributed by atoms with Crippen LogP contribution in [0.25, 0.3) is 0 Å². The minimum Gasteiger partial charge on any atom is -0.395 e. The van der Waals surface area contributed by atoms with Gasteiger partial charge in [0.1, 0.15) is 5.82 Å². The number of hydrogen-bond donors (Lipinski definition) is 2. The van der Waals surface area contributed by atoms with Gasteiger partial charge in [-0.05, 0) is 39.9 Å². The van der Waals surface area contributed by atoms with Crippen LogP contribution in [-0.4, -0.2) is 31.1 Å². The summed E-state index contributed by atoms with van der Waals surface area (Å²) in [5, 5.41) is 2.96. The lowest BCUT2D eigenvalue weighted by molar-refractivity contribution is 0.273. The molecule has 0 radical (unpaired) electrons. The Balaban J connectivity index is 2.45. The summed E-state index contributed by atoms with van der Waals surface area (Å²) in [4.78, 5) is 2.21. The molecule has 0 amide bonds. The third-order valence-corrected chi connectivity index (χ3v) is 2.98. The Labute approximate surface area is 107 Å². The Kier molecular flexibility index (Phi) is 5.34. The molecule has 0 spiro atoms. The molecular formula is C13H21F2N3. The molecule has 0 aliphatic heterocycles. The standard InChI is InChI=1S/C13H21F2N3/c1-9(2)18(3)6-4-5-17-12-8-10(14)7-11(15)13(12)16/h7-9,17H,4-6,16H2,1-3H3. The van der Waals surface area contributed by atoms with E-state index < -0.39 is 11.6 Å². The van der Waals surface area contributed by atoms with E-state index in [2.05, 4.69) is 24.1 Å². The third-order valence-electron chi connectivity index (χ3n) is 2.98. The highest BCUT2D eigenvalue weighted by atomic mass is 19.1. The number of nitrogens with zero attached hydrogens (tertiary/aromatic N) is 1. The minimum atomic E-state index is -0.725. The molecule has 0 unspecified atom stereocenters. The smallest absolute Gasteiger partial charge is 0.151 e. The van der Waals surface area contributed by atoms with Crippen LogP contribution in [0.2, 0.25) is 0 Å². The predicted molar refractivity (Wildman–Crippen MR) is 71.6 cm³/mol. The van der Waals surface area contributed by atoms with Crippen LogP contribution in [0.15, 0.2) is 12.1 Å². The van der Waals surface area contributed by atoms with E-state index >= 15 is 0 Å². The summed E-state index contributed by atoms with van der Waals surface area (Å²) in [5.74, 6) is -1.35. The van der Waals surface area contributed by atoms with Crippen LogP contribution in [0.5, 0.6) is 0 Å². The van der Waals surface area contributed by atoms with Gasteiger partial charge in [0.25, 0.3) is 0 Å². The summed E-state index contributed by atoms with van der Waals surface area (Å²) in [7, 11) is 2.04. The Morgan fingerprint density at radius 2 is 2.00 bits per heavy atom. The van der Waals surface area contributed by atoms with Crippen LogP contribution >= 0.6 is 0 Å². The van der Waals surface area contributed by atoms with Gasteiger partial charge in [-0.15, -0.1) is 0 Å². The van der Waals surface area contributed by atoms with Gasteiger partial charge >= 0.3 is 0 Å². The number of anilines is 2. The van der Waals surface area contributed by atoms with Gasteiger partial charge in [0.05, 0.1) is 11.4 Å². The van der Waals surface area contributed by atoms with Gasteiger partial charge in [-0.2, -0.15) is 0 Å². The molecule has 0 atom stereocenters. The summed E-state index contributed by atoms with van der Waals surface area (Å²) in [5.41, 5.74) is 5.81. The number of nitrogens with one attached hydrogen (secondary N) is 1. The maximum atomic E-state index is 13.2. The van der Waals surface area contributed by atoms with Crippen LogP contribution < -0.4 is 11.1 Å². The van der Waals surface area contributed by atoms with Crippen molar-refractivity contribution in [2.24, 2.45) is 0 Å². The quantitative estimate of drug-likeness (QED) is 0.608. The van der Waals surface area contributed by atoms with E-state index in [0.29, 0.717) is 18.3 Å². The lowest BCUT2D eigenvalue weighted by Crippen LogP contribution is -2.28. The van der Waals surface area contributed by atoms with Gasteiger partial charge in [-0.3, -0.25) is 0 Å². The van der Waals surface area contributed by atoms with Crippen molar-refractivity contribution >= 4 is 11.4 Å². The molecular weight excluding hydrogens is 236 g/mol.